The van der Waals surface area contributed by atoms with Gasteiger partial charge in [0.1, 0.15) is 22.1 Å². The van der Waals surface area contributed by atoms with Gasteiger partial charge in [0.25, 0.3) is 5.91 Å². The first-order valence-electron chi connectivity index (χ1n) is 9.16. The molecule has 3 aromatic rings. The molecule has 1 aromatic carbocycles. The smallest absolute Gasteiger partial charge is 0.422 e. The topological polar surface area (TPSA) is 87.5 Å². The second-order valence-electron chi connectivity index (χ2n) is 6.29. The molecule has 0 aliphatic rings. The van der Waals surface area contributed by atoms with Crippen molar-refractivity contribution in [1.29, 1.82) is 0 Å². The maximum Gasteiger partial charge on any atom is 0.422 e. The van der Waals surface area contributed by atoms with E-state index in [0.29, 0.717) is 12.1 Å². The lowest BCUT2D eigenvalue weighted by atomic mass is 10.2. The molecule has 8 nitrogen and oxygen atoms in total. The normalized spacial score (nSPS) is 11.2. The highest BCUT2D eigenvalue weighted by Crippen LogP contribution is 2.37. The largest absolute Gasteiger partial charge is 0.495 e. The third-order valence-electron chi connectivity index (χ3n) is 4.06. The summed E-state index contributed by atoms with van der Waals surface area (Å²) in [7, 11) is 2.80. The number of benzene rings is 1. The summed E-state index contributed by atoms with van der Waals surface area (Å²) < 4.78 is 57.2. The lowest BCUT2D eigenvalue weighted by molar-refractivity contribution is -0.153. The fourth-order valence-electron chi connectivity index (χ4n) is 2.64. The van der Waals surface area contributed by atoms with Crippen molar-refractivity contribution in [1.82, 2.24) is 19.5 Å². The lowest BCUT2D eigenvalue weighted by Crippen LogP contribution is -2.20. The van der Waals surface area contributed by atoms with Crippen molar-refractivity contribution in [2.75, 3.05) is 20.8 Å². The van der Waals surface area contributed by atoms with Crippen molar-refractivity contribution in [2.45, 2.75) is 17.6 Å². The van der Waals surface area contributed by atoms with Crippen LogP contribution >= 0.6 is 11.9 Å². The van der Waals surface area contributed by atoms with Crippen LogP contribution in [0.25, 0.3) is 0 Å². The first kappa shape index (κ1) is 23.3. The average molecular weight is 468 g/mol. The van der Waals surface area contributed by atoms with Crippen LogP contribution in [0.5, 0.6) is 17.4 Å². The van der Waals surface area contributed by atoms with Crippen molar-refractivity contribution in [3.8, 4) is 17.4 Å². The molecule has 0 saturated carbocycles. The van der Waals surface area contributed by atoms with Crippen LogP contribution < -0.4 is 18.9 Å². The number of carbonyl (C=O) groups is 1. The highest BCUT2D eigenvalue weighted by atomic mass is 32.2. The number of pyridine rings is 1. The van der Waals surface area contributed by atoms with E-state index in [1.165, 1.54) is 32.4 Å². The van der Waals surface area contributed by atoms with Crippen LogP contribution in [0.2, 0.25) is 0 Å². The molecule has 0 aliphatic carbocycles. The van der Waals surface area contributed by atoms with E-state index in [1.807, 2.05) is 0 Å². The summed E-state index contributed by atoms with van der Waals surface area (Å²) in [5.74, 6) is -0.154. The van der Waals surface area contributed by atoms with Gasteiger partial charge in [-0.1, -0.05) is 6.07 Å². The summed E-state index contributed by atoms with van der Waals surface area (Å²) in [6, 6.07) is 9.37. The van der Waals surface area contributed by atoms with Crippen molar-refractivity contribution >= 4 is 17.9 Å². The molecular formula is C20H19F3N4O4S. The molecule has 2 heterocycles. The van der Waals surface area contributed by atoms with Crippen molar-refractivity contribution in [3.05, 3.63) is 60.0 Å². The number of hydrogen-bond donors (Lipinski definition) is 1. The first-order valence-corrected chi connectivity index (χ1v) is 9.97. The molecule has 3 rings (SSSR count). The Morgan fingerprint density at radius 3 is 2.56 bits per heavy atom. The number of hydrogen-bond acceptors (Lipinski definition) is 7. The Hall–Kier alpha value is -3.41. The molecule has 1 N–H and O–H groups in total. The predicted octanol–water partition coefficient (Wildman–Crippen LogP) is 3.72. The van der Waals surface area contributed by atoms with Crippen LogP contribution in [0.3, 0.4) is 0 Å². The quantitative estimate of drug-likeness (QED) is 0.479. The van der Waals surface area contributed by atoms with Crippen molar-refractivity contribution in [3.63, 3.8) is 0 Å². The number of ether oxygens (including phenoxy) is 3. The molecule has 12 heteroatoms. The number of methoxy groups -OCH3 is 2. The zero-order chi connectivity index (χ0) is 23.1. The fraction of sp³-hybridized carbons (Fsp3) is 0.250. The van der Waals surface area contributed by atoms with Crippen LogP contribution in [0.1, 0.15) is 16.1 Å². The summed E-state index contributed by atoms with van der Waals surface area (Å²) in [5, 5.41) is 4.12. The van der Waals surface area contributed by atoms with Gasteiger partial charge in [-0.3, -0.25) is 14.2 Å². The zero-order valence-electron chi connectivity index (χ0n) is 17.0. The number of amides is 1. The Bertz CT molecular complexity index is 1060. The van der Waals surface area contributed by atoms with Crippen LogP contribution in [0.4, 0.5) is 13.2 Å². The number of rotatable bonds is 9. The van der Waals surface area contributed by atoms with Gasteiger partial charge in [-0.2, -0.15) is 18.3 Å². The van der Waals surface area contributed by atoms with Gasteiger partial charge < -0.3 is 14.2 Å². The first-order chi connectivity index (χ1) is 15.3. The minimum absolute atomic E-state index is 0.0613. The maximum absolute atomic E-state index is 12.6. The van der Waals surface area contributed by atoms with E-state index in [-0.39, 0.29) is 28.0 Å². The third kappa shape index (κ3) is 6.06. The number of alkyl halides is 3. The Balaban J connectivity index is 1.74. The predicted molar refractivity (Wildman–Crippen MR) is 110 cm³/mol. The molecule has 0 spiro atoms. The molecule has 170 valence electrons. The third-order valence-corrected chi connectivity index (χ3v) is 4.95. The number of nitrogens with zero attached hydrogens (tertiary/aromatic N) is 3. The van der Waals surface area contributed by atoms with Gasteiger partial charge in [0, 0.05) is 18.0 Å². The van der Waals surface area contributed by atoms with Gasteiger partial charge in [0.2, 0.25) is 5.88 Å². The fourth-order valence-corrected chi connectivity index (χ4v) is 3.42. The summed E-state index contributed by atoms with van der Waals surface area (Å²) in [5.41, 5.74) is 0.777. The molecule has 0 saturated heterocycles. The second-order valence-corrected chi connectivity index (χ2v) is 7.11. The molecule has 1 amide bonds. The second kappa shape index (κ2) is 10.3. The molecule has 32 heavy (non-hydrogen) atoms. The minimum Gasteiger partial charge on any atom is -0.495 e. The Morgan fingerprint density at radius 1 is 1.12 bits per heavy atom. The number of nitrogens with one attached hydrogen (secondary N) is 1. The summed E-state index contributed by atoms with van der Waals surface area (Å²) >= 11 is 0.761. The van der Waals surface area contributed by atoms with Gasteiger partial charge in [-0.15, -0.1) is 0 Å². The summed E-state index contributed by atoms with van der Waals surface area (Å²) in [6.45, 7) is -1.07. The van der Waals surface area contributed by atoms with Crippen LogP contribution in [0.15, 0.2) is 53.7 Å². The van der Waals surface area contributed by atoms with Gasteiger partial charge in [-0.25, -0.2) is 4.98 Å². The minimum atomic E-state index is -4.51. The number of aromatic nitrogens is 3. The van der Waals surface area contributed by atoms with Crippen LogP contribution in [0, 0.1) is 0 Å². The lowest BCUT2D eigenvalue weighted by Gasteiger charge is -2.15. The van der Waals surface area contributed by atoms with E-state index in [9.17, 15) is 18.0 Å². The highest BCUT2D eigenvalue weighted by molar-refractivity contribution is 7.98. The zero-order valence-corrected chi connectivity index (χ0v) is 17.9. The molecule has 0 aliphatic heterocycles. The average Bonchev–Trinajstić information content (AvgIpc) is 3.28. The number of halogens is 3. The standard InChI is InChI=1S/C20H19F3N4O4S/c1-29-15-5-3-6-16(31-12-20(21,22)23)17(15)32-26-18(28)14-8-7-13(19(25-14)30-2)11-27-10-4-9-24-27/h3-10H,11-12H2,1-2H3,(H,26,28). The summed E-state index contributed by atoms with van der Waals surface area (Å²) in [6.07, 6.45) is -1.08. The summed E-state index contributed by atoms with van der Waals surface area (Å²) in [4.78, 5) is 17.0. The molecular weight excluding hydrogens is 449 g/mol. The SMILES string of the molecule is COc1cccc(OCC(F)(F)F)c1SNC(=O)c1ccc(Cn2cccn2)c(OC)n1. The molecule has 0 radical (unpaired) electrons. The van der Waals surface area contributed by atoms with Crippen LogP contribution in [-0.4, -0.2) is 47.7 Å². The highest BCUT2D eigenvalue weighted by Gasteiger charge is 2.29. The number of carbonyl (C=O) groups excluding carboxylic acids is 1. The van der Waals surface area contributed by atoms with E-state index < -0.39 is 18.7 Å². The van der Waals surface area contributed by atoms with Gasteiger partial charge in [0.05, 0.1) is 20.8 Å². The molecule has 0 atom stereocenters. The van der Waals surface area contributed by atoms with E-state index >= 15 is 0 Å². The Labute approximate surface area is 185 Å². The molecule has 0 fully saturated rings. The molecule has 2 aromatic heterocycles. The van der Waals surface area contributed by atoms with E-state index in [1.54, 1.807) is 35.3 Å². The Kier molecular flexibility index (Phi) is 7.46. The molecule has 0 bridgehead atoms. The molecule has 0 unspecified atom stereocenters. The van der Waals surface area contributed by atoms with E-state index in [4.69, 9.17) is 14.2 Å². The van der Waals surface area contributed by atoms with Gasteiger partial charge in [-0.05, 0) is 42.3 Å². The van der Waals surface area contributed by atoms with Gasteiger partial charge in [0.15, 0.2) is 6.61 Å². The van der Waals surface area contributed by atoms with Crippen molar-refractivity contribution in [2.24, 2.45) is 0 Å². The van der Waals surface area contributed by atoms with E-state index in [0.717, 1.165) is 11.9 Å². The van der Waals surface area contributed by atoms with E-state index in [2.05, 4.69) is 14.8 Å². The maximum atomic E-state index is 12.6. The van der Waals surface area contributed by atoms with Gasteiger partial charge >= 0.3 is 6.18 Å². The van der Waals surface area contributed by atoms with Crippen molar-refractivity contribution < 1.29 is 32.2 Å². The monoisotopic (exact) mass is 468 g/mol. The Morgan fingerprint density at radius 2 is 1.91 bits per heavy atom. The van der Waals surface area contributed by atoms with Crippen LogP contribution in [-0.2, 0) is 6.54 Å².